The molecule has 1 aromatic carbocycles. The van der Waals surface area contributed by atoms with Gasteiger partial charge in [-0.3, -0.25) is 4.79 Å². The van der Waals surface area contributed by atoms with Crippen molar-refractivity contribution in [1.29, 1.82) is 0 Å². The first-order valence-electron chi connectivity index (χ1n) is 8.06. The monoisotopic (exact) mass is 345 g/mol. The Hall–Kier alpha value is -2.27. The lowest BCUT2D eigenvalue weighted by Crippen LogP contribution is -2.28. The first kappa shape index (κ1) is 16.6. The van der Waals surface area contributed by atoms with E-state index in [9.17, 15) is 4.79 Å². The van der Waals surface area contributed by atoms with Crippen molar-refractivity contribution < 1.29 is 9.53 Å². The highest BCUT2D eigenvalue weighted by Gasteiger charge is 2.13. The van der Waals surface area contributed by atoms with Gasteiger partial charge in [-0.15, -0.1) is 0 Å². The predicted octanol–water partition coefficient (Wildman–Crippen LogP) is 3.03. The van der Waals surface area contributed by atoms with E-state index in [1.807, 2.05) is 30.5 Å². The minimum Gasteiger partial charge on any atom is -0.482 e. The van der Waals surface area contributed by atoms with Gasteiger partial charge in [-0.1, -0.05) is 29.8 Å². The van der Waals surface area contributed by atoms with Crippen LogP contribution >= 0.6 is 11.6 Å². The number of hydrogen-bond acceptors (Lipinski definition) is 4. The lowest BCUT2D eigenvalue weighted by Gasteiger charge is -2.16. The lowest BCUT2D eigenvalue weighted by atomic mass is 10.2. The number of pyridine rings is 1. The summed E-state index contributed by atoms with van der Waals surface area (Å²) in [4.78, 5) is 18.6. The molecule has 0 atom stereocenters. The van der Waals surface area contributed by atoms with Gasteiger partial charge in [-0.2, -0.15) is 0 Å². The van der Waals surface area contributed by atoms with E-state index >= 15 is 0 Å². The number of para-hydroxylation sites is 1. The topological polar surface area (TPSA) is 54.5 Å². The van der Waals surface area contributed by atoms with Crippen LogP contribution < -0.4 is 15.0 Å². The van der Waals surface area contributed by atoms with Crippen LogP contribution in [-0.4, -0.2) is 30.6 Å². The molecule has 1 fully saturated rings. The minimum absolute atomic E-state index is 0.0664. The van der Waals surface area contributed by atoms with Crippen LogP contribution in [0.2, 0.25) is 5.02 Å². The molecule has 1 aliphatic heterocycles. The van der Waals surface area contributed by atoms with Gasteiger partial charge in [0.15, 0.2) is 6.61 Å². The molecule has 2 heterocycles. The van der Waals surface area contributed by atoms with E-state index < -0.39 is 0 Å². The number of carbonyl (C=O) groups is 1. The van der Waals surface area contributed by atoms with Crippen molar-refractivity contribution in [2.24, 2.45) is 0 Å². The molecule has 2 aromatic rings. The maximum atomic E-state index is 11.9. The van der Waals surface area contributed by atoms with Crippen LogP contribution in [0.15, 0.2) is 42.6 Å². The molecule has 0 aliphatic carbocycles. The Morgan fingerprint density at radius 2 is 2.00 bits per heavy atom. The van der Waals surface area contributed by atoms with E-state index in [0.717, 1.165) is 24.5 Å². The maximum absolute atomic E-state index is 11.9. The number of ether oxygens (including phenoxy) is 1. The van der Waals surface area contributed by atoms with Gasteiger partial charge in [0, 0.05) is 25.8 Å². The van der Waals surface area contributed by atoms with Crippen LogP contribution in [0.1, 0.15) is 18.4 Å². The first-order chi connectivity index (χ1) is 11.7. The fourth-order valence-corrected chi connectivity index (χ4v) is 2.80. The SMILES string of the molecule is O=C(COc1ccccc1Cl)NCc1ccc(N2CCCC2)nc1. The van der Waals surface area contributed by atoms with Gasteiger partial charge in [-0.25, -0.2) is 4.98 Å². The number of benzene rings is 1. The highest BCUT2D eigenvalue weighted by molar-refractivity contribution is 6.32. The summed E-state index contributed by atoms with van der Waals surface area (Å²) < 4.78 is 5.41. The zero-order valence-electron chi connectivity index (χ0n) is 13.4. The molecule has 24 heavy (non-hydrogen) atoms. The zero-order valence-corrected chi connectivity index (χ0v) is 14.1. The first-order valence-corrected chi connectivity index (χ1v) is 8.44. The summed E-state index contributed by atoms with van der Waals surface area (Å²) in [7, 11) is 0. The second-order valence-corrected chi connectivity index (χ2v) is 6.12. The predicted molar refractivity (Wildman–Crippen MR) is 94.5 cm³/mol. The molecule has 3 rings (SSSR count). The fraction of sp³-hybridized carbons (Fsp3) is 0.333. The summed E-state index contributed by atoms with van der Waals surface area (Å²) in [6, 6.07) is 11.1. The molecule has 0 unspecified atom stereocenters. The summed E-state index contributed by atoms with van der Waals surface area (Å²) in [5, 5.41) is 3.31. The van der Waals surface area contributed by atoms with Gasteiger partial charge in [0.25, 0.3) is 5.91 Å². The average Bonchev–Trinajstić information content (AvgIpc) is 3.14. The quantitative estimate of drug-likeness (QED) is 0.874. The van der Waals surface area contributed by atoms with Crippen molar-refractivity contribution >= 4 is 23.3 Å². The van der Waals surface area contributed by atoms with Crippen molar-refractivity contribution in [2.45, 2.75) is 19.4 Å². The third kappa shape index (κ3) is 4.38. The number of aromatic nitrogens is 1. The normalized spacial score (nSPS) is 13.8. The Morgan fingerprint density at radius 3 is 2.71 bits per heavy atom. The largest absolute Gasteiger partial charge is 0.482 e. The minimum atomic E-state index is -0.196. The molecule has 126 valence electrons. The smallest absolute Gasteiger partial charge is 0.258 e. The van der Waals surface area contributed by atoms with Gasteiger partial charge in [0.05, 0.1) is 5.02 Å². The summed E-state index contributed by atoms with van der Waals surface area (Å²) in [6.07, 6.45) is 4.26. The number of nitrogens with one attached hydrogen (secondary N) is 1. The van der Waals surface area contributed by atoms with Crippen molar-refractivity contribution in [2.75, 3.05) is 24.6 Å². The molecule has 0 radical (unpaired) electrons. The van der Waals surface area contributed by atoms with Crippen LogP contribution in [0.3, 0.4) is 0 Å². The second kappa shape index (κ2) is 8.02. The van der Waals surface area contributed by atoms with Crippen LogP contribution in [-0.2, 0) is 11.3 Å². The summed E-state index contributed by atoms with van der Waals surface area (Å²) in [6.45, 7) is 2.51. The van der Waals surface area contributed by atoms with E-state index in [2.05, 4.69) is 15.2 Å². The van der Waals surface area contributed by atoms with Crippen molar-refractivity contribution in [3.05, 3.63) is 53.2 Å². The van der Waals surface area contributed by atoms with E-state index in [1.54, 1.807) is 12.1 Å². The molecule has 6 heteroatoms. The number of carbonyl (C=O) groups excluding carboxylic acids is 1. The molecular formula is C18H20ClN3O2. The fourth-order valence-electron chi connectivity index (χ4n) is 2.61. The Morgan fingerprint density at radius 1 is 1.21 bits per heavy atom. The van der Waals surface area contributed by atoms with Crippen LogP contribution in [0, 0.1) is 0 Å². The Labute approximate surface area is 146 Å². The van der Waals surface area contributed by atoms with Crippen molar-refractivity contribution in [3.8, 4) is 5.75 Å². The van der Waals surface area contributed by atoms with E-state index in [4.69, 9.17) is 16.3 Å². The molecule has 1 amide bonds. The highest BCUT2D eigenvalue weighted by atomic mass is 35.5. The average molecular weight is 346 g/mol. The second-order valence-electron chi connectivity index (χ2n) is 5.71. The summed E-state index contributed by atoms with van der Waals surface area (Å²) in [5.74, 6) is 1.31. The molecule has 1 aromatic heterocycles. The molecular weight excluding hydrogens is 326 g/mol. The Balaban J connectivity index is 1.45. The molecule has 0 spiro atoms. The van der Waals surface area contributed by atoms with E-state index in [0.29, 0.717) is 17.3 Å². The van der Waals surface area contributed by atoms with E-state index in [1.165, 1.54) is 12.8 Å². The van der Waals surface area contributed by atoms with Crippen LogP contribution in [0.25, 0.3) is 0 Å². The Kier molecular flexibility index (Phi) is 5.54. The third-order valence-electron chi connectivity index (χ3n) is 3.92. The van der Waals surface area contributed by atoms with Crippen molar-refractivity contribution in [1.82, 2.24) is 10.3 Å². The molecule has 0 bridgehead atoms. The number of nitrogens with zero attached hydrogens (tertiary/aromatic N) is 2. The molecule has 1 N–H and O–H groups in total. The van der Waals surface area contributed by atoms with Crippen LogP contribution in [0.5, 0.6) is 5.75 Å². The molecule has 0 saturated carbocycles. The third-order valence-corrected chi connectivity index (χ3v) is 4.24. The van der Waals surface area contributed by atoms with E-state index in [-0.39, 0.29) is 12.5 Å². The molecule has 1 saturated heterocycles. The summed E-state index contributed by atoms with van der Waals surface area (Å²) >= 11 is 5.98. The standard InChI is InChI=1S/C18H20ClN3O2/c19-15-5-1-2-6-16(15)24-13-18(23)21-12-14-7-8-17(20-11-14)22-9-3-4-10-22/h1-2,5-8,11H,3-4,9-10,12-13H2,(H,21,23). The molecule has 5 nitrogen and oxygen atoms in total. The maximum Gasteiger partial charge on any atom is 0.258 e. The highest BCUT2D eigenvalue weighted by Crippen LogP contribution is 2.22. The van der Waals surface area contributed by atoms with Crippen molar-refractivity contribution in [3.63, 3.8) is 0 Å². The van der Waals surface area contributed by atoms with Crippen LogP contribution in [0.4, 0.5) is 5.82 Å². The number of anilines is 1. The number of hydrogen-bond donors (Lipinski definition) is 1. The summed E-state index contributed by atoms with van der Waals surface area (Å²) in [5.41, 5.74) is 0.962. The van der Waals surface area contributed by atoms with Gasteiger partial charge in [0.1, 0.15) is 11.6 Å². The van der Waals surface area contributed by atoms with Gasteiger partial charge in [-0.05, 0) is 36.6 Å². The Bertz CT molecular complexity index is 685. The van der Waals surface area contributed by atoms with Gasteiger partial charge >= 0.3 is 0 Å². The number of rotatable bonds is 6. The zero-order chi connectivity index (χ0) is 16.8. The number of halogens is 1. The lowest BCUT2D eigenvalue weighted by molar-refractivity contribution is -0.123. The van der Waals surface area contributed by atoms with Gasteiger partial charge in [0.2, 0.25) is 0 Å². The molecule has 1 aliphatic rings. The van der Waals surface area contributed by atoms with Gasteiger partial charge < -0.3 is 15.0 Å². The number of amides is 1.